The van der Waals surface area contributed by atoms with Crippen molar-refractivity contribution in [3.8, 4) is 6.07 Å². The first-order chi connectivity index (χ1) is 10.9. The number of nitrogens with one attached hydrogen (secondary N) is 1. The lowest BCUT2D eigenvalue weighted by atomic mass is 10.0. The van der Waals surface area contributed by atoms with Crippen molar-refractivity contribution in [2.24, 2.45) is 0 Å². The highest BCUT2D eigenvalue weighted by Gasteiger charge is 2.18. The molecule has 4 nitrogen and oxygen atoms in total. The molecule has 0 bridgehead atoms. The van der Waals surface area contributed by atoms with Crippen LogP contribution in [0, 0.1) is 23.0 Å². The van der Waals surface area contributed by atoms with Gasteiger partial charge in [-0.1, -0.05) is 6.07 Å². The van der Waals surface area contributed by atoms with Gasteiger partial charge in [0.25, 0.3) is 0 Å². The second-order valence-electron chi connectivity index (χ2n) is 4.96. The first-order valence-electron chi connectivity index (χ1n) is 6.85. The van der Waals surface area contributed by atoms with Crippen molar-refractivity contribution in [3.63, 3.8) is 0 Å². The molecule has 0 fully saturated rings. The summed E-state index contributed by atoms with van der Waals surface area (Å²) in [6.45, 7) is 1.15. The van der Waals surface area contributed by atoms with Gasteiger partial charge in [-0.05, 0) is 37.3 Å². The second kappa shape index (κ2) is 6.99. The molecule has 23 heavy (non-hydrogen) atoms. The largest absolute Gasteiger partial charge is 0.386 e. The van der Waals surface area contributed by atoms with E-state index in [4.69, 9.17) is 5.26 Å². The fraction of sp³-hybridized carbons (Fsp3) is 0.176. The SMILES string of the molecule is CC(=O)c1ccc(C#N)cc1NCC(O)c1c(F)cccc1F. The van der Waals surface area contributed by atoms with E-state index in [0.717, 1.165) is 12.1 Å². The van der Waals surface area contributed by atoms with Crippen LogP contribution in [-0.4, -0.2) is 17.4 Å². The zero-order valence-electron chi connectivity index (χ0n) is 12.3. The van der Waals surface area contributed by atoms with Crippen molar-refractivity contribution in [2.75, 3.05) is 11.9 Å². The van der Waals surface area contributed by atoms with Gasteiger partial charge in [0, 0.05) is 17.8 Å². The molecule has 0 saturated heterocycles. The van der Waals surface area contributed by atoms with E-state index in [1.807, 2.05) is 6.07 Å². The zero-order chi connectivity index (χ0) is 17.0. The Morgan fingerprint density at radius 1 is 1.30 bits per heavy atom. The van der Waals surface area contributed by atoms with E-state index in [2.05, 4.69) is 5.32 Å². The highest BCUT2D eigenvalue weighted by atomic mass is 19.1. The van der Waals surface area contributed by atoms with Gasteiger partial charge in [-0.15, -0.1) is 0 Å². The van der Waals surface area contributed by atoms with Crippen LogP contribution in [0.3, 0.4) is 0 Å². The van der Waals surface area contributed by atoms with Gasteiger partial charge in [0.1, 0.15) is 17.7 Å². The number of nitrogens with zero attached hydrogens (tertiary/aromatic N) is 1. The van der Waals surface area contributed by atoms with Crippen molar-refractivity contribution >= 4 is 11.5 Å². The lowest BCUT2D eigenvalue weighted by molar-refractivity contribution is 0.101. The minimum atomic E-state index is -1.44. The molecule has 1 atom stereocenters. The van der Waals surface area contributed by atoms with Crippen LogP contribution in [0.15, 0.2) is 36.4 Å². The Kier molecular flexibility index (Phi) is 5.04. The topological polar surface area (TPSA) is 73.1 Å². The molecule has 0 aromatic heterocycles. The number of carbonyl (C=O) groups is 1. The van der Waals surface area contributed by atoms with Gasteiger partial charge in [-0.25, -0.2) is 8.78 Å². The predicted molar refractivity (Wildman–Crippen MR) is 81.0 cm³/mol. The highest BCUT2D eigenvalue weighted by Crippen LogP contribution is 2.23. The number of halogens is 2. The van der Waals surface area contributed by atoms with Crippen molar-refractivity contribution in [1.29, 1.82) is 5.26 Å². The minimum absolute atomic E-state index is 0.215. The number of anilines is 1. The third-order valence-corrected chi connectivity index (χ3v) is 3.35. The Labute approximate surface area is 132 Å². The molecule has 0 aliphatic heterocycles. The molecule has 118 valence electrons. The van der Waals surface area contributed by atoms with E-state index in [1.54, 1.807) is 0 Å². The number of aliphatic hydroxyl groups excluding tert-OH is 1. The minimum Gasteiger partial charge on any atom is -0.386 e. The third kappa shape index (κ3) is 3.71. The van der Waals surface area contributed by atoms with Gasteiger partial charge >= 0.3 is 0 Å². The van der Waals surface area contributed by atoms with Gasteiger partial charge in [-0.3, -0.25) is 4.79 Å². The number of carbonyl (C=O) groups excluding carboxylic acids is 1. The van der Waals surface area contributed by atoms with Crippen LogP contribution in [0.4, 0.5) is 14.5 Å². The number of benzene rings is 2. The van der Waals surface area contributed by atoms with Crippen LogP contribution >= 0.6 is 0 Å². The maximum absolute atomic E-state index is 13.6. The van der Waals surface area contributed by atoms with Crippen LogP contribution in [-0.2, 0) is 0 Å². The summed E-state index contributed by atoms with van der Waals surface area (Å²) in [7, 11) is 0. The van der Waals surface area contributed by atoms with Crippen LogP contribution in [0.25, 0.3) is 0 Å². The van der Waals surface area contributed by atoms with Crippen molar-refractivity contribution in [3.05, 3.63) is 64.7 Å². The monoisotopic (exact) mass is 316 g/mol. The smallest absolute Gasteiger partial charge is 0.161 e. The Morgan fingerprint density at radius 3 is 2.52 bits per heavy atom. The highest BCUT2D eigenvalue weighted by molar-refractivity contribution is 5.99. The number of rotatable bonds is 5. The quantitative estimate of drug-likeness (QED) is 0.831. The Bertz CT molecular complexity index is 764. The van der Waals surface area contributed by atoms with E-state index >= 15 is 0 Å². The van der Waals surface area contributed by atoms with Crippen LogP contribution in [0.1, 0.15) is 34.5 Å². The Hall–Kier alpha value is -2.78. The van der Waals surface area contributed by atoms with Crippen LogP contribution in [0.5, 0.6) is 0 Å². The number of hydrogen-bond donors (Lipinski definition) is 2. The molecule has 0 spiro atoms. The average molecular weight is 316 g/mol. The molecular weight excluding hydrogens is 302 g/mol. The molecule has 2 N–H and O–H groups in total. The van der Waals surface area contributed by atoms with Crippen LogP contribution in [0.2, 0.25) is 0 Å². The fourth-order valence-electron chi connectivity index (χ4n) is 2.20. The lowest BCUT2D eigenvalue weighted by Gasteiger charge is -2.16. The standard InChI is InChI=1S/C17H14F2N2O2/c1-10(22)12-6-5-11(8-20)7-15(12)21-9-16(23)17-13(18)3-2-4-14(17)19/h2-7,16,21,23H,9H2,1H3. The molecular formula is C17H14F2N2O2. The maximum atomic E-state index is 13.6. The molecule has 2 aromatic rings. The number of ketones is 1. The van der Waals surface area contributed by atoms with E-state index in [0.29, 0.717) is 16.8 Å². The van der Waals surface area contributed by atoms with Gasteiger partial charge in [0.2, 0.25) is 0 Å². The Morgan fingerprint density at radius 2 is 1.96 bits per heavy atom. The first kappa shape index (κ1) is 16.6. The molecule has 0 amide bonds. The number of aliphatic hydroxyl groups is 1. The molecule has 0 radical (unpaired) electrons. The van der Waals surface area contributed by atoms with E-state index in [9.17, 15) is 18.7 Å². The summed E-state index contributed by atoms with van der Waals surface area (Å²) in [5.41, 5.74) is 0.530. The summed E-state index contributed by atoms with van der Waals surface area (Å²) in [6, 6.07) is 9.68. The molecule has 0 aliphatic carbocycles. The van der Waals surface area contributed by atoms with Crippen molar-refractivity contribution in [2.45, 2.75) is 13.0 Å². The molecule has 2 aromatic carbocycles. The summed E-state index contributed by atoms with van der Waals surface area (Å²) in [6.07, 6.45) is -1.44. The summed E-state index contributed by atoms with van der Waals surface area (Å²) in [5.74, 6) is -1.93. The molecule has 1 unspecified atom stereocenters. The van der Waals surface area contributed by atoms with E-state index in [-0.39, 0.29) is 12.3 Å². The van der Waals surface area contributed by atoms with Gasteiger partial charge in [0.05, 0.1) is 17.2 Å². The first-order valence-corrected chi connectivity index (χ1v) is 6.85. The summed E-state index contributed by atoms with van der Waals surface area (Å²) < 4.78 is 27.3. The number of nitriles is 1. The van der Waals surface area contributed by atoms with Gasteiger partial charge in [-0.2, -0.15) is 5.26 Å². The number of hydrogen-bond acceptors (Lipinski definition) is 4. The van der Waals surface area contributed by atoms with Gasteiger partial charge in [0.15, 0.2) is 5.78 Å². The predicted octanol–water partition coefficient (Wildman–Crippen LogP) is 3.18. The molecule has 0 saturated carbocycles. The van der Waals surface area contributed by atoms with Crippen molar-refractivity contribution in [1.82, 2.24) is 0 Å². The summed E-state index contributed by atoms with van der Waals surface area (Å²) >= 11 is 0. The molecule has 6 heteroatoms. The molecule has 0 heterocycles. The summed E-state index contributed by atoms with van der Waals surface area (Å²) in [5, 5.41) is 21.7. The second-order valence-corrected chi connectivity index (χ2v) is 4.96. The number of Topliss-reactive ketones (excluding diaryl/α,β-unsaturated/α-hetero) is 1. The maximum Gasteiger partial charge on any atom is 0.161 e. The third-order valence-electron chi connectivity index (χ3n) is 3.35. The van der Waals surface area contributed by atoms with Crippen molar-refractivity contribution < 1.29 is 18.7 Å². The molecule has 2 rings (SSSR count). The Balaban J connectivity index is 2.24. The van der Waals surface area contributed by atoms with Crippen LogP contribution < -0.4 is 5.32 Å². The average Bonchev–Trinajstić information content (AvgIpc) is 2.52. The van der Waals surface area contributed by atoms with E-state index in [1.165, 1.54) is 31.2 Å². The zero-order valence-corrected chi connectivity index (χ0v) is 12.3. The van der Waals surface area contributed by atoms with Gasteiger partial charge < -0.3 is 10.4 Å². The lowest BCUT2D eigenvalue weighted by Crippen LogP contribution is -2.16. The fourth-order valence-corrected chi connectivity index (χ4v) is 2.20. The summed E-state index contributed by atoms with van der Waals surface area (Å²) in [4.78, 5) is 11.6. The molecule has 0 aliphatic rings. The van der Waals surface area contributed by atoms with E-state index < -0.39 is 23.3 Å². The normalized spacial score (nSPS) is 11.6.